The smallest absolute Gasteiger partial charge is 0.311 e. The van der Waals surface area contributed by atoms with Gasteiger partial charge in [-0.25, -0.2) is 5.43 Å². The third-order valence-corrected chi connectivity index (χ3v) is 4.72. The second kappa shape index (κ2) is 10.7. The molecule has 0 saturated carbocycles. The van der Waals surface area contributed by atoms with Gasteiger partial charge in [-0.1, -0.05) is 6.07 Å². The first-order chi connectivity index (χ1) is 16.3. The van der Waals surface area contributed by atoms with Gasteiger partial charge in [-0.2, -0.15) is 5.10 Å². The molecule has 3 aromatic carbocycles. The van der Waals surface area contributed by atoms with Crippen molar-refractivity contribution in [1.29, 1.82) is 0 Å². The van der Waals surface area contributed by atoms with Crippen molar-refractivity contribution in [2.45, 2.75) is 13.5 Å². The summed E-state index contributed by atoms with van der Waals surface area (Å²) >= 11 is 0. The van der Waals surface area contributed by atoms with E-state index in [1.54, 1.807) is 37.3 Å². The van der Waals surface area contributed by atoms with Crippen molar-refractivity contribution in [2.24, 2.45) is 5.10 Å². The third-order valence-electron chi connectivity index (χ3n) is 4.72. The van der Waals surface area contributed by atoms with E-state index in [9.17, 15) is 25.0 Å². The highest BCUT2D eigenvalue weighted by atomic mass is 16.6. The highest BCUT2D eigenvalue weighted by Crippen LogP contribution is 2.30. The van der Waals surface area contributed by atoms with E-state index in [1.165, 1.54) is 43.7 Å². The standard InChI is InChI=1S/C23H20N4O7/c1-15-3-9-22(20(11-15)27(31)32)34-14-18-12-16(4-10-21(18)33-2)13-24-25-23(28)17-5-7-19(8-6-17)26(29)30/h3-13H,14H2,1-2H3,(H,25,28). The second-order valence-electron chi connectivity index (χ2n) is 7.09. The molecule has 0 radical (unpaired) electrons. The fourth-order valence-electron chi connectivity index (χ4n) is 3.00. The Morgan fingerprint density at radius 3 is 2.35 bits per heavy atom. The molecule has 1 amide bonds. The van der Waals surface area contributed by atoms with Crippen LogP contribution < -0.4 is 14.9 Å². The highest BCUT2D eigenvalue weighted by Gasteiger charge is 2.16. The fourth-order valence-corrected chi connectivity index (χ4v) is 3.00. The Labute approximate surface area is 193 Å². The van der Waals surface area contributed by atoms with E-state index in [0.717, 1.165) is 5.56 Å². The first kappa shape index (κ1) is 23.9. The molecule has 0 aliphatic heterocycles. The number of aryl methyl sites for hydroxylation is 1. The monoisotopic (exact) mass is 464 g/mol. The maximum atomic E-state index is 12.2. The number of hydrogen-bond acceptors (Lipinski definition) is 8. The molecule has 11 nitrogen and oxygen atoms in total. The Morgan fingerprint density at radius 1 is 1.00 bits per heavy atom. The van der Waals surface area contributed by atoms with Gasteiger partial charge in [0.1, 0.15) is 12.4 Å². The van der Waals surface area contributed by atoms with Crippen LogP contribution in [0.15, 0.2) is 65.8 Å². The SMILES string of the molecule is COc1ccc(C=NNC(=O)c2ccc([N+](=O)[O-])cc2)cc1COc1ccc(C)cc1[N+](=O)[O-]. The Bertz CT molecular complexity index is 1260. The van der Waals surface area contributed by atoms with E-state index in [0.29, 0.717) is 16.9 Å². The number of nitrogens with one attached hydrogen (secondary N) is 1. The van der Waals surface area contributed by atoms with Crippen LogP contribution in [-0.2, 0) is 6.61 Å². The zero-order valence-electron chi connectivity index (χ0n) is 18.3. The zero-order chi connectivity index (χ0) is 24.7. The van der Waals surface area contributed by atoms with E-state index in [4.69, 9.17) is 9.47 Å². The van der Waals surface area contributed by atoms with Crippen molar-refractivity contribution in [3.63, 3.8) is 0 Å². The van der Waals surface area contributed by atoms with Crippen LogP contribution in [-0.4, -0.2) is 29.1 Å². The lowest BCUT2D eigenvalue weighted by molar-refractivity contribution is -0.386. The summed E-state index contributed by atoms with van der Waals surface area (Å²) in [5, 5.41) is 25.9. The summed E-state index contributed by atoms with van der Waals surface area (Å²) < 4.78 is 11.0. The Hall–Kier alpha value is -4.80. The second-order valence-corrected chi connectivity index (χ2v) is 7.09. The average Bonchev–Trinajstić information content (AvgIpc) is 2.83. The van der Waals surface area contributed by atoms with Crippen LogP contribution in [0.5, 0.6) is 11.5 Å². The molecular weight excluding hydrogens is 444 g/mol. The number of ether oxygens (including phenoxy) is 2. The maximum absolute atomic E-state index is 12.2. The molecule has 11 heteroatoms. The largest absolute Gasteiger partial charge is 0.496 e. The zero-order valence-corrected chi connectivity index (χ0v) is 18.3. The number of amides is 1. The number of nitro groups is 2. The van der Waals surface area contributed by atoms with Crippen molar-refractivity contribution in [3.8, 4) is 11.5 Å². The topological polar surface area (TPSA) is 146 Å². The Balaban J connectivity index is 1.70. The number of hydrazone groups is 1. The number of hydrogen-bond donors (Lipinski definition) is 1. The van der Waals surface area contributed by atoms with Gasteiger partial charge in [0.2, 0.25) is 0 Å². The summed E-state index contributed by atoms with van der Waals surface area (Å²) in [4.78, 5) is 33.1. The van der Waals surface area contributed by atoms with Crippen LogP contribution in [0.4, 0.5) is 11.4 Å². The lowest BCUT2D eigenvalue weighted by Crippen LogP contribution is -2.17. The van der Waals surface area contributed by atoms with Gasteiger partial charge in [0.25, 0.3) is 11.6 Å². The Kier molecular flexibility index (Phi) is 7.49. The quantitative estimate of drug-likeness (QED) is 0.284. The first-order valence-corrected chi connectivity index (χ1v) is 9.91. The molecular formula is C23H20N4O7. The molecule has 0 fully saturated rings. The van der Waals surface area contributed by atoms with Gasteiger partial charge in [0.05, 0.1) is 23.2 Å². The number of nitro benzene ring substituents is 2. The molecule has 0 aliphatic carbocycles. The summed E-state index contributed by atoms with van der Waals surface area (Å²) in [6.45, 7) is 1.76. The Morgan fingerprint density at radius 2 is 1.71 bits per heavy atom. The molecule has 3 aromatic rings. The van der Waals surface area contributed by atoms with Crippen LogP contribution in [0.2, 0.25) is 0 Å². The van der Waals surface area contributed by atoms with E-state index in [1.807, 2.05) is 0 Å². The van der Waals surface area contributed by atoms with E-state index < -0.39 is 15.8 Å². The van der Waals surface area contributed by atoms with Crippen LogP contribution in [0, 0.1) is 27.2 Å². The number of non-ortho nitro benzene ring substituents is 1. The number of methoxy groups -OCH3 is 1. The molecule has 0 spiro atoms. The maximum Gasteiger partial charge on any atom is 0.311 e. The first-order valence-electron chi connectivity index (χ1n) is 9.91. The molecule has 0 saturated heterocycles. The number of carbonyl (C=O) groups excluding carboxylic acids is 1. The summed E-state index contributed by atoms with van der Waals surface area (Å²) in [5.74, 6) is 0.115. The minimum Gasteiger partial charge on any atom is -0.496 e. The molecule has 0 atom stereocenters. The predicted octanol–water partition coefficient (Wildman–Crippen LogP) is 4.16. The van der Waals surface area contributed by atoms with E-state index >= 15 is 0 Å². The molecule has 0 aliphatic rings. The van der Waals surface area contributed by atoms with Crippen molar-refractivity contribution in [2.75, 3.05) is 7.11 Å². The normalized spacial score (nSPS) is 10.6. The van der Waals surface area contributed by atoms with Gasteiger partial charge in [-0.05, 0) is 54.4 Å². The van der Waals surface area contributed by atoms with Gasteiger partial charge in [0.15, 0.2) is 5.75 Å². The summed E-state index contributed by atoms with van der Waals surface area (Å²) in [6.07, 6.45) is 1.40. The minimum atomic E-state index is -0.554. The lowest BCUT2D eigenvalue weighted by Gasteiger charge is -2.11. The van der Waals surface area contributed by atoms with E-state index in [-0.39, 0.29) is 29.3 Å². The van der Waals surface area contributed by atoms with Crippen LogP contribution in [0.3, 0.4) is 0 Å². The van der Waals surface area contributed by atoms with Gasteiger partial charge >= 0.3 is 5.69 Å². The molecule has 0 unspecified atom stereocenters. The van der Waals surface area contributed by atoms with Crippen molar-refractivity contribution >= 4 is 23.5 Å². The third kappa shape index (κ3) is 5.91. The number of benzene rings is 3. The molecule has 174 valence electrons. The number of nitrogens with zero attached hydrogens (tertiary/aromatic N) is 3. The van der Waals surface area contributed by atoms with Crippen molar-refractivity contribution < 1.29 is 24.1 Å². The lowest BCUT2D eigenvalue weighted by atomic mass is 10.1. The van der Waals surface area contributed by atoms with Crippen LogP contribution in [0.1, 0.15) is 27.0 Å². The number of carbonyl (C=O) groups is 1. The van der Waals surface area contributed by atoms with Gasteiger partial charge in [0, 0.05) is 29.3 Å². The van der Waals surface area contributed by atoms with Gasteiger partial charge in [-0.3, -0.25) is 25.0 Å². The minimum absolute atomic E-state index is 0.00388. The molecule has 3 rings (SSSR count). The predicted molar refractivity (Wildman–Crippen MR) is 123 cm³/mol. The summed E-state index contributed by atoms with van der Waals surface area (Å²) in [6, 6.07) is 14.9. The molecule has 1 N–H and O–H groups in total. The summed E-state index contributed by atoms with van der Waals surface area (Å²) in [7, 11) is 1.49. The molecule has 0 aromatic heterocycles. The van der Waals surface area contributed by atoms with Gasteiger partial charge in [-0.15, -0.1) is 0 Å². The molecule has 0 bridgehead atoms. The number of rotatable bonds is 9. The molecule has 34 heavy (non-hydrogen) atoms. The highest BCUT2D eigenvalue weighted by molar-refractivity contribution is 5.95. The van der Waals surface area contributed by atoms with Crippen LogP contribution in [0.25, 0.3) is 0 Å². The van der Waals surface area contributed by atoms with Crippen molar-refractivity contribution in [3.05, 3.63) is 103 Å². The molecule has 0 heterocycles. The average molecular weight is 464 g/mol. The van der Waals surface area contributed by atoms with Crippen LogP contribution >= 0.6 is 0 Å². The van der Waals surface area contributed by atoms with Gasteiger partial charge < -0.3 is 9.47 Å². The van der Waals surface area contributed by atoms with E-state index in [2.05, 4.69) is 10.5 Å². The summed E-state index contributed by atoms with van der Waals surface area (Å²) in [5.41, 5.74) is 4.28. The van der Waals surface area contributed by atoms with Crippen molar-refractivity contribution in [1.82, 2.24) is 5.43 Å². The fraction of sp³-hybridized carbons (Fsp3) is 0.130.